The van der Waals surface area contributed by atoms with Crippen molar-refractivity contribution in [3.05, 3.63) is 60.4 Å². The van der Waals surface area contributed by atoms with Gasteiger partial charge in [0.05, 0.1) is 11.4 Å². The Balaban J connectivity index is 1.50. The number of carbonyl (C=O) groups is 1. The quantitative estimate of drug-likeness (QED) is 0.804. The van der Waals surface area contributed by atoms with Crippen LogP contribution in [0.1, 0.15) is 0 Å². The Morgan fingerprint density at radius 2 is 1.61 bits per heavy atom. The number of hydrogen-bond donors (Lipinski definition) is 0. The summed E-state index contributed by atoms with van der Waals surface area (Å²) in [6.45, 7) is 2.62. The number of piperazine rings is 1. The Morgan fingerprint density at radius 3 is 2.30 bits per heavy atom. The molecule has 0 bridgehead atoms. The molecule has 1 saturated heterocycles. The molecule has 1 fully saturated rings. The lowest BCUT2D eigenvalue weighted by Crippen LogP contribution is -2.49. The zero-order chi connectivity index (χ0) is 16.1. The van der Waals surface area contributed by atoms with Gasteiger partial charge in [0.1, 0.15) is 5.82 Å². The maximum Gasteiger partial charge on any atom is 0.233 e. The number of rotatable bonds is 4. The predicted octanol–water partition coefficient (Wildman–Crippen LogP) is 3.27. The van der Waals surface area contributed by atoms with Gasteiger partial charge in [-0.05, 0) is 24.3 Å². The van der Waals surface area contributed by atoms with E-state index < -0.39 is 0 Å². The second-order valence-electron chi connectivity index (χ2n) is 5.42. The first-order chi connectivity index (χ1) is 11.2. The molecule has 0 spiro atoms. The second-order valence-corrected chi connectivity index (χ2v) is 6.47. The third kappa shape index (κ3) is 4.05. The van der Waals surface area contributed by atoms with Crippen molar-refractivity contribution in [3.8, 4) is 0 Å². The third-order valence-corrected chi connectivity index (χ3v) is 4.93. The number of carbonyl (C=O) groups excluding carboxylic acids is 1. The van der Waals surface area contributed by atoms with Crippen molar-refractivity contribution in [2.45, 2.75) is 4.90 Å². The third-order valence-electron chi connectivity index (χ3n) is 3.93. The van der Waals surface area contributed by atoms with Crippen molar-refractivity contribution in [3.63, 3.8) is 0 Å². The van der Waals surface area contributed by atoms with Gasteiger partial charge < -0.3 is 9.80 Å². The van der Waals surface area contributed by atoms with Crippen LogP contribution in [-0.4, -0.2) is 42.7 Å². The highest BCUT2D eigenvalue weighted by atomic mass is 32.2. The molecular formula is C18H19FN2OS. The van der Waals surface area contributed by atoms with Gasteiger partial charge in [0.2, 0.25) is 5.91 Å². The van der Waals surface area contributed by atoms with Crippen LogP contribution in [0.5, 0.6) is 0 Å². The van der Waals surface area contributed by atoms with Gasteiger partial charge in [-0.3, -0.25) is 4.79 Å². The van der Waals surface area contributed by atoms with Gasteiger partial charge in [-0.2, -0.15) is 0 Å². The number of thioether (sulfide) groups is 1. The molecular weight excluding hydrogens is 311 g/mol. The molecule has 5 heteroatoms. The molecule has 1 heterocycles. The largest absolute Gasteiger partial charge is 0.366 e. The van der Waals surface area contributed by atoms with Crippen LogP contribution in [0.2, 0.25) is 0 Å². The van der Waals surface area contributed by atoms with Crippen molar-refractivity contribution in [1.29, 1.82) is 0 Å². The van der Waals surface area contributed by atoms with Crippen LogP contribution in [0, 0.1) is 5.82 Å². The fourth-order valence-corrected chi connectivity index (χ4v) is 3.48. The van der Waals surface area contributed by atoms with Crippen molar-refractivity contribution in [1.82, 2.24) is 4.90 Å². The highest BCUT2D eigenvalue weighted by Gasteiger charge is 2.22. The van der Waals surface area contributed by atoms with Gasteiger partial charge in [0.25, 0.3) is 0 Å². The first kappa shape index (κ1) is 15.9. The molecule has 0 atom stereocenters. The first-order valence-electron chi connectivity index (χ1n) is 7.69. The van der Waals surface area contributed by atoms with E-state index in [0.717, 1.165) is 4.90 Å². The average Bonchev–Trinajstić information content (AvgIpc) is 2.61. The Labute approximate surface area is 140 Å². The zero-order valence-corrected chi connectivity index (χ0v) is 13.6. The summed E-state index contributed by atoms with van der Waals surface area (Å²) in [5.41, 5.74) is 0.623. The minimum Gasteiger partial charge on any atom is -0.366 e. The van der Waals surface area contributed by atoms with E-state index in [1.165, 1.54) is 6.07 Å². The summed E-state index contributed by atoms with van der Waals surface area (Å²) in [4.78, 5) is 17.3. The summed E-state index contributed by atoms with van der Waals surface area (Å²) in [6.07, 6.45) is 0. The molecule has 3 nitrogen and oxygen atoms in total. The Bertz CT molecular complexity index is 657. The fraction of sp³-hybridized carbons (Fsp3) is 0.278. The lowest BCUT2D eigenvalue weighted by atomic mass is 10.2. The highest BCUT2D eigenvalue weighted by Crippen LogP contribution is 2.21. The van der Waals surface area contributed by atoms with Crippen LogP contribution in [0.4, 0.5) is 10.1 Å². The maximum absolute atomic E-state index is 13.8. The summed E-state index contributed by atoms with van der Waals surface area (Å²) in [5.74, 6) is 0.392. The molecule has 120 valence electrons. The summed E-state index contributed by atoms with van der Waals surface area (Å²) in [5, 5.41) is 0. The number of nitrogens with zero attached hydrogens (tertiary/aromatic N) is 2. The van der Waals surface area contributed by atoms with E-state index in [9.17, 15) is 9.18 Å². The number of hydrogen-bond acceptors (Lipinski definition) is 3. The number of benzene rings is 2. The predicted molar refractivity (Wildman–Crippen MR) is 92.4 cm³/mol. The lowest BCUT2D eigenvalue weighted by Gasteiger charge is -2.36. The Morgan fingerprint density at radius 1 is 0.957 bits per heavy atom. The van der Waals surface area contributed by atoms with E-state index in [2.05, 4.69) is 0 Å². The molecule has 0 aromatic heterocycles. The SMILES string of the molecule is O=C(CSc1ccccc1)N1CCN(c2ccccc2F)CC1. The summed E-state index contributed by atoms with van der Waals surface area (Å²) < 4.78 is 13.8. The van der Waals surface area contributed by atoms with E-state index in [4.69, 9.17) is 0 Å². The second kappa shape index (κ2) is 7.51. The molecule has 3 rings (SSSR count). The van der Waals surface area contributed by atoms with Gasteiger partial charge in [0.15, 0.2) is 0 Å². The summed E-state index contributed by atoms with van der Waals surface area (Å²) >= 11 is 1.56. The van der Waals surface area contributed by atoms with Crippen LogP contribution in [-0.2, 0) is 4.79 Å². The molecule has 2 aromatic rings. The smallest absolute Gasteiger partial charge is 0.233 e. The van der Waals surface area contributed by atoms with E-state index in [-0.39, 0.29) is 11.7 Å². The molecule has 1 aliphatic rings. The maximum atomic E-state index is 13.8. The van der Waals surface area contributed by atoms with Crippen LogP contribution in [0.15, 0.2) is 59.5 Å². The van der Waals surface area contributed by atoms with Gasteiger partial charge in [-0.1, -0.05) is 30.3 Å². The first-order valence-corrected chi connectivity index (χ1v) is 8.68. The molecule has 0 radical (unpaired) electrons. The van der Waals surface area contributed by atoms with Crippen molar-refractivity contribution < 1.29 is 9.18 Å². The number of anilines is 1. The molecule has 0 unspecified atom stereocenters. The Hall–Kier alpha value is -2.01. The molecule has 1 aliphatic heterocycles. The monoisotopic (exact) mass is 330 g/mol. The number of para-hydroxylation sites is 1. The fourth-order valence-electron chi connectivity index (χ4n) is 2.66. The van der Waals surface area contributed by atoms with E-state index in [1.807, 2.05) is 46.2 Å². The summed E-state index contributed by atoms with van der Waals surface area (Å²) in [7, 11) is 0. The van der Waals surface area contributed by atoms with Gasteiger partial charge in [0, 0.05) is 31.1 Å². The minimum absolute atomic E-state index is 0.145. The van der Waals surface area contributed by atoms with Gasteiger partial charge in [-0.25, -0.2) is 4.39 Å². The van der Waals surface area contributed by atoms with E-state index in [0.29, 0.717) is 37.6 Å². The van der Waals surface area contributed by atoms with E-state index in [1.54, 1.807) is 23.9 Å². The standard InChI is InChI=1S/C18H19FN2OS/c19-16-8-4-5-9-17(16)20-10-12-21(13-11-20)18(22)14-23-15-6-2-1-3-7-15/h1-9H,10-14H2. The molecule has 0 aliphatic carbocycles. The van der Waals surface area contributed by atoms with E-state index >= 15 is 0 Å². The van der Waals surface area contributed by atoms with Crippen LogP contribution >= 0.6 is 11.8 Å². The molecule has 0 saturated carbocycles. The molecule has 23 heavy (non-hydrogen) atoms. The Kier molecular flexibility index (Phi) is 5.18. The van der Waals surface area contributed by atoms with Crippen LogP contribution in [0.3, 0.4) is 0 Å². The van der Waals surface area contributed by atoms with Crippen LogP contribution in [0.25, 0.3) is 0 Å². The topological polar surface area (TPSA) is 23.6 Å². The normalized spacial score (nSPS) is 14.8. The minimum atomic E-state index is -0.202. The zero-order valence-electron chi connectivity index (χ0n) is 12.8. The molecule has 2 aromatic carbocycles. The molecule has 1 amide bonds. The van der Waals surface area contributed by atoms with Crippen molar-refractivity contribution in [2.24, 2.45) is 0 Å². The average molecular weight is 330 g/mol. The molecule has 0 N–H and O–H groups in total. The number of amides is 1. The summed E-state index contributed by atoms with van der Waals surface area (Å²) in [6, 6.07) is 16.7. The van der Waals surface area contributed by atoms with Gasteiger partial charge in [-0.15, -0.1) is 11.8 Å². The van der Waals surface area contributed by atoms with Crippen molar-refractivity contribution >= 4 is 23.4 Å². The lowest BCUT2D eigenvalue weighted by molar-refractivity contribution is -0.128. The van der Waals surface area contributed by atoms with Crippen LogP contribution < -0.4 is 4.90 Å². The number of halogens is 1. The van der Waals surface area contributed by atoms with Crippen molar-refractivity contribution in [2.75, 3.05) is 36.8 Å². The highest BCUT2D eigenvalue weighted by molar-refractivity contribution is 8.00. The van der Waals surface area contributed by atoms with Gasteiger partial charge >= 0.3 is 0 Å².